The minimum atomic E-state index is -0.132. The van der Waals surface area contributed by atoms with Crippen molar-refractivity contribution in [2.24, 2.45) is 0 Å². The smallest absolute Gasteiger partial charge is 0.314 e. The highest BCUT2D eigenvalue weighted by molar-refractivity contribution is 7.10. The van der Waals surface area contributed by atoms with Crippen molar-refractivity contribution in [1.29, 1.82) is 0 Å². The maximum Gasteiger partial charge on any atom is 0.314 e. The molecule has 2 unspecified atom stereocenters. The highest BCUT2D eigenvalue weighted by atomic mass is 32.1. The third kappa shape index (κ3) is 5.57. The van der Waals surface area contributed by atoms with Gasteiger partial charge in [-0.05, 0) is 63.6 Å². The van der Waals surface area contributed by atoms with Crippen molar-refractivity contribution in [2.75, 3.05) is 40.3 Å². The number of amides is 2. The molecule has 27 heavy (non-hydrogen) atoms. The molecule has 0 saturated carbocycles. The lowest BCUT2D eigenvalue weighted by molar-refractivity contribution is 0.143. The number of hydrogen-bond donors (Lipinski definition) is 2. The molecule has 2 aromatic rings. The Labute approximate surface area is 165 Å². The second-order valence-corrected chi connectivity index (χ2v) is 8.19. The number of likely N-dealkylation sites (N-methyl/N-ethyl adjacent to an activating group) is 1. The number of piperidine rings is 1. The van der Waals surface area contributed by atoms with Crippen LogP contribution in [0, 0.1) is 0 Å². The molecule has 2 aromatic heterocycles. The zero-order chi connectivity index (χ0) is 19.1. The number of thiophene rings is 1. The summed E-state index contributed by atoms with van der Waals surface area (Å²) in [5.41, 5.74) is 0. The van der Waals surface area contributed by atoms with Crippen molar-refractivity contribution >= 4 is 17.4 Å². The Morgan fingerprint density at radius 3 is 2.59 bits per heavy atom. The van der Waals surface area contributed by atoms with E-state index in [1.165, 1.54) is 24.1 Å². The van der Waals surface area contributed by atoms with Crippen LogP contribution >= 0.6 is 11.3 Å². The van der Waals surface area contributed by atoms with E-state index < -0.39 is 0 Å². The van der Waals surface area contributed by atoms with Gasteiger partial charge in [0.1, 0.15) is 5.76 Å². The van der Waals surface area contributed by atoms with Crippen LogP contribution in [0.25, 0.3) is 0 Å². The molecule has 0 spiro atoms. The van der Waals surface area contributed by atoms with Gasteiger partial charge in [0.15, 0.2) is 0 Å². The number of urea groups is 1. The molecule has 148 valence electrons. The molecule has 2 N–H and O–H groups in total. The fraction of sp³-hybridized carbons (Fsp3) is 0.550. The van der Waals surface area contributed by atoms with Crippen LogP contribution < -0.4 is 10.6 Å². The van der Waals surface area contributed by atoms with Gasteiger partial charge in [0.05, 0.1) is 18.3 Å². The molecule has 6 nitrogen and oxygen atoms in total. The fourth-order valence-electron chi connectivity index (χ4n) is 3.58. The van der Waals surface area contributed by atoms with Gasteiger partial charge in [0.25, 0.3) is 0 Å². The van der Waals surface area contributed by atoms with E-state index in [1.54, 1.807) is 17.6 Å². The van der Waals surface area contributed by atoms with Gasteiger partial charge in [-0.2, -0.15) is 0 Å². The number of carbonyl (C=O) groups excluding carboxylic acids is 1. The predicted octanol–water partition coefficient (Wildman–Crippen LogP) is 3.47. The van der Waals surface area contributed by atoms with Gasteiger partial charge in [-0.25, -0.2) is 4.79 Å². The highest BCUT2D eigenvalue weighted by Crippen LogP contribution is 2.25. The first-order chi connectivity index (χ1) is 13.1. The van der Waals surface area contributed by atoms with E-state index in [4.69, 9.17) is 4.42 Å². The van der Waals surface area contributed by atoms with E-state index in [2.05, 4.69) is 31.9 Å². The van der Waals surface area contributed by atoms with E-state index in [-0.39, 0.29) is 18.1 Å². The van der Waals surface area contributed by atoms with Gasteiger partial charge in [-0.1, -0.05) is 12.5 Å². The number of nitrogens with one attached hydrogen (secondary N) is 2. The summed E-state index contributed by atoms with van der Waals surface area (Å²) in [6.45, 7) is 3.23. The normalized spacial score (nSPS) is 17.6. The average Bonchev–Trinajstić information content (AvgIpc) is 3.37. The van der Waals surface area contributed by atoms with Crippen molar-refractivity contribution < 1.29 is 9.21 Å². The second-order valence-electron chi connectivity index (χ2n) is 7.21. The summed E-state index contributed by atoms with van der Waals surface area (Å²) in [4.78, 5) is 18.2. The molecule has 3 heterocycles. The van der Waals surface area contributed by atoms with Gasteiger partial charge in [0.2, 0.25) is 0 Å². The first-order valence-corrected chi connectivity index (χ1v) is 10.5. The van der Waals surface area contributed by atoms with Crippen LogP contribution in [0.15, 0.2) is 40.3 Å². The summed E-state index contributed by atoms with van der Waals surface area (Å²) in [7, 11) is 4.07. The monoisotopic (exact) mass is 390 g/mol. The van der Waals surface area contributed by atoms with Crippen LogP contribution in [-0.4, -0.2) is 56.1 Å². The molecule has 1 aliphatic heterocycles. The van der Waals surface area contributed by atoms with E-state index in [9.17, 15) is 4.79 Å². The van der Waals surface area contributed by atoms with Crippen molar-refractivity contribution in [3.05, 3.63) is 46.5 Å². The fourth-order valence-corrected chi connectivity index (χ4v) is 4.50. The van der Waals surface area contributed by atoms with Crippen molar-refractivity contribution in [3.8, 4) is 0 Å². The third-order valence-electron chi connectivity index (χ3n) is 5.11. The Hall–Kier alpha value is -1.83. The summed E-state index contributed by atoms with van der Waals surface area (Å²) in [6.07, 6.45) is 5.39. The summed E-state index contributed by atoms with van der Waals surface area (Å²) in [5, 5.41) is 8.13. The summed E-state index contributed by atoms with van der Waals surface area (Å²) >= 11 is 1.71. The molecule has 0 aliphatic carbocycles. The molecule has 7 heteroatoms. The van der Waals surface area contributed by atoms with Crippen LogP contribution in [0.1, 0.15) is 42.0 Å². The van der Waals surface area contributed by atoms with E-state index in [1.807, 2.05) is 32.3 Å². The lowest BCUT2D eigenvalue weighted by atomic mass is 10.1. The Balaban J connectivity index is 1.53. The molecular weight excluding hydrogens is 360 g/mol. The van der Waals surface area contributed by atoms with Crippen LogP contribution in [0.4, 0.5) is 4.79 Å². The number of nitrogens with zero attached hydrogens (tertiary/aromatic N) is 2. The summed E-state index contributed by atoms with van der Waals surface area (Å²) in [6, 6.07) is 8.20. The molecule has 2 atom stereocenters. The molecule has 0 bridgehead atoms. The number of likely N-dealkylation sites (tertiary alicyclic amines) is 1. The number of furan rings is 1. The number of rotatable bonds is 8. The Morgan fingerprint density at radius 1 is 1.19 bits per heavy atom. The van der Waals surface area contributed by atoms with Gasteiger partial charge in [0, 0.05) is 18.0 Å². The minimum Gasteiger partial charge on any atom is -0.468 e. The van der Waals surface area contributed by atoms with Gasteiger partial charge < -0.3 is 20.0 Å². The minimum absolute atomic E-state index is 0.0907. The topological polar surface area (TPSA) is 60.8 Å². The quantitative estimate of drug-likeness (QED) is 0.725. The molecular formula is C20H30N4O2S. The molecule has 3 rings (SSSR count). The Bertz CT molecular complexity index is 666. The average molecular weight is 391 g/mol. The lowest BCUT2D eigenvalue weighted by Crippen LogP contribution is -2.45. The van der Waals surface area contributed by atoms with E-state index in [0.717, 1.165) is 18.8 Å². The van der Waals surface area contributed by atoms with Crippen molar-refractivity contribution in [1.82, 2.24) is 20.4 Å². The lowest BCUT2D eigenvalue weighted by Gasteiger charge is -2.33. The van der Waals surface area contributed by atoms with Crippen molar-refractivity contribution in [3.63, 3.8) is 0 Å². The Kier molecular flexibility index (Phi) is 7.32. The zero-order valence-corrected chi connectivity index (χ0v) is 17.0. The first kappa shape index (κ1) is 19.9. The SMILES string of the molecule is CN(C)C(CNC(=O)NCC(c1ccco1)N1CCCCC1)c1cccs1. The summed E-state index contributed by atoms with van der Waals surface area (Å²) < 4.78 is 5.64. The summed E-state index contributed by atoms with van der Waals surface area (Å²) in [5.74, 6) is 0.918. The van der Waals surface area contributed by atoms with Crippen LogP contribution in [-0.2, 0) is 0 Å². The van der Waals surface area contributed by atoms with Crippen LogP contribution in [0.2, 0.25) is 0 Å². The van der Waals surface area contributed by atoms with Crippen LogP contribution in [0.5, 0.6) is 0 Å². The molecule has 1 fully saturated rings. The van der Waals surface area contributed by atoms with Gasteiger partial charge in [-0.15, -0.1) is 11.3 Å². The van der Waals surface area contributed by atoms with Crippen molar-refractivity contribution in [2.45, 2.75) is 31.3 Å². The number of hydrogen-bond acceptors (Lipinski definition) is 5. The maximum atomic E-state index is 12.4. The molecule has 0 radical (unpaired) electrons. The zero-order valence-electron chi connectivity index (χ0n) is 16.2. The number of carbonyl (C=O) groups is 1. The van der Waals surface area contributed by atoms with Gasteiger partial charge >= 0.3 is 6.03 Å². The predicted molar refractivity (Wildman–Crippen MR) is 109 cm³/mol. The second kappa shape index (κ2) is 9.92. The molecule has 0 aromatic carbocycles. The third-order valence-corrected chi connectivity index (χ3v) is 6.08. The van der Waals surface area contributed by atoms with E-state index >= 15 is 0 Å². The molecule has 1 saturated heterocycles. The van der Waals surface area contributed by atoms with Gasteiger partial charge in [-0.3, -0.25) is 4.90 Å². The highest BCUT2D eigenvalue weighted by Gasteiger charge is 2.25. The van der Waals surface area contributed by atoms with E-state index in [0.29, 0.717) is 13.1 Å². The first-order valence-electron chi connectivity index (χ1n) is 9.64. The van der Waals surface area contributed by atoms with Crippen LogP contribution in [0.3, 0.4) is 0 Å². The molecule has 1 aliphatic rings. The Morgan fingerprint density at radius 2 is 1.96 bits per heavy atom. The standard InChI is InChI=1S/C20H30N4O2S/c1-23(2)17(19-9-7-13-27-19)15-22-20(25)21-14-16(18-8-6-12-26-18)24-10-4-3-5-11-24/h6-9,12-13,16-17H,3-5,10-11,14-15H2,1-2H3,(H2,21,22,25). The maximum absolute atomic E-state index is 12.4. The molecule has 2 amide bonds. The largest absolute Gasteiger partial charge is 0.468 e.